The first-order valence-electron chi connectivity index (χ1n) is 5.46. The summed E-state index contributed by atoms with van der Waals surface area (Å²) in [4.78, 5) is 12.7. The minimum Gasteiger partial charge on any atom is -0.315 e. The Hall–Kier alpha value is -2.27. The van der Waals surface area contributed by atoms with Gasteiger partial charge in [-0.1, -0.05) is 30.3 Å². The Bertz CT molecular complexity index is 622. The zero-order valence-corrected chi connectivity index (χ0v) is 10.3. The summed E-state index contributed by atoms with van der Waals surface area (Å²) in [6, 6.07) is 10.1. The molecule has 0 aliphatic rings. The Balaban J connectivity index is 1.82. The van der Waals surface area contributed by atoms with Crippen molar-refractivity contribution < 1.29 is 0 Å². The molecule has 3 aromatic rings. The number of thiazole rings is 1. The van der Waals surface area contributed by atoms with Gasteiger partial charge >= 0.3 is 0 Å². The first-order valence-corrected chi connectivity index (χ1v) is 6.34. The molecule has 0 unspecified atom stereocenters. The summed E-state index contributed by atoms with van der Waals surface area (Å²) < 4.78 is 0. The molecule has 2 heterocycles. The highest BCUT2D eigenvalue weighted by molar-refractivity contribution is 7.14. The Labute approximate surface area is 108 Å². The Morgan fingerprint density at radius 1 is 1.06 bits per heavy atom. The predicted octanol–water partition coefficient (Wildman–Crippen LogP) is 3.34. The van der Waals surface area contributed by atoms with Crippen LogP contribution >= 0.6 is 11.3 Å². The van der Waals surface area contributed by atoms with Gasteiger partial charge in [-0.15, -0.1) is 11.3 Å². The van der Waals surface area contributed by atoms with Crippen molar-refractivity contribution in [2.24, 2.45) is 0 Å². The average molecular weight is 254 g/mol. The summed E-state index contributed by atoms with van der Waals surface area (Å²) in [6.07, 6.45) is 4.96. The molecule has 0 atom stereocenters. The fourth-order valence-electron chi connectivity index (χ4n) is 1.55. The summed E-state index contributed by atoms with van der Waals surface area (Å²) in [7, 11) is 0. The van der Waals surface area contributed by atoms with Gasteiger partial charge in [0.25, 0.3) is 0 Å². The van der Waals surface area contributed by atoms with Crippen LogP contribution in [0, 0.1) is 0 Å². The van der Waals surface area contributed by atoms with Crippen molar-refractivity contribution in [3.05, 3.63) is 54.3 Å². The van der Waals surface area contributed by atoms with Gasteiger partial charge in [-0.05, 0) is 0 Å². The van der Waals surface area contributed by atoms with E-state index in [0.29, 0.717) is 5.82 Å². The first kappa shape index (κ1) is 10.9. The van der Waals surface area contributed by atoms with Gasteiger partial charge in [-0.25, -0.2) is 9.97 Å². The minimum atomic E-state index is 0.700. The molecule has 0 aliphatic heterocycles. The van der Waals surface area contributed by atoms with E-state index in [-0.39, 0.29) is 0 Å². The standard InChI is InChI=1S/C13H10N4S/c1-2-4-10(5-3-1)11-9-18-13(16-11)17-12-8-14-6-7-15-12/h1-9H,(H,15,16,17). The molecule has 1 N–H and O–H groups in total. The molecular weight excluding hydrogens is 244 g/mol. The van der Waals surface area contributed by atoms with Crippen LogP contribution in [0.1, 0.15) is 0 Å². The maximum absolute atomic E-state index is 4.52. The van der Waals surface area contributed by atoms with Crippen molar-refractivity contribution in [2.45, 2.75) is 0 Å². The third-order valence-electron chi connectivity index (χ3n) is 2.37. The summed E-state index contributed by atoms with van der Waals surface area (Å²) in [6.45, 7) is 0. The van der Waals surface area contributed by atoms with E-state index in [4.69, 9.17) is 0 Å². The molecule has 5 heteroatoms. The van der Waals surface area contributed by atoms with Crippen LogP contribution in [0.25, 0.3) is 11.3 Å². The van der Waals surface area contributed by atoms with Crippen LogP contribution in [0.3, 0.4) is 0 Å². The fourth-order valence-corrected chi connectivity index (χ4v) is 2.27. The van der Waals surface area contributed by atoms with Crippen molar-refractivity contribution in [3.8, 4) is 11.3 Å². The third kappa shape index (κ3) is 2.36. The maximum Gasteiger partial charge on any atom is 0.188 e. The van der Waals surface area contributed by atoms with E-state index in [2.05, 4.69) is 20.3 Å². The van der Waals surface area contributed by atoms with E-state index in [0.717, 1.165) is 16.4 Å². The number of aromatic nitrogens is 3. The first-order chi connectivity index (χ1) is 8.92. The SMILES string of the molecule is c1ccc(-c2csc(Nc3cnccn3)n2)cc1. The highest BCUT2D eigenvalue weighted by Crippen LogP contribution is 2.25. The molecule has 1 aromatic carbocycles. The molecule has 18 heavy (non-hydrogen) atoms. The molecule has 0 aliphatic carbocycles. The third-order valence-corrected chi connectivity index (χ3v) is 3.13. The van der Waals surface area contributed by atoms with Gasteiger partial charge in [0.2, 0.25) is 0 Å². The summed E-state index contributed by atoms with van der Waals surface area (Å²) in [5.74, 6) is 0.700. The summed E-state index contributed by atoms with van der Waals surface area (Å²) in [5, 5.41) is 5.96. The molecular formula is C13H10N4S. The molecule has 0 radical (unpaired) electrons. The van der Waals surface area contributed by atoms with Gasteiger partial charge in [0, 0.05) is 23.3 Å². The van der Waals surface area contributed by atoms with Crippen molar-refractivity contribution in [2.75, 3.05) is 5.32 Å². The molecule has 2 aromatic heterocycles. The number of anilines is 2. The minimum absolute atomic E-state index is 0.700. The van der Waals surface area contributed by atoms with Crippen LogP contribution in [-0.2, 0) is 0 Å². The van der Waals surface area contributed by atoms with E-state index >= 15 is 0 Å². The van der Waals surface area contributed by atoms with Crippen LogP contribution in [0.4, 0.5) is 10.9 Å². The van der Waals surface area contributed by atoms with Crippen LogP contribution in [0.2, 0.25) is 0 Å². The zero-order chi connectivity index (χ0) is 12.2. The smallest absolute Gasteiger partial charge is 0.188 e. The highest BCUT2D eigenvalue weighted by atomic mass is 32.1. The second-order valence-electron chi connectivity index (χ2n) is 3.62. The second-order valence-corrected chi connectivity index (χ2v) is 4.48. The topological polar surface area (TPSA) is 50.7 Å². The molecule has 0 fully saturated rings. The van der Waals surface area contributed by atoms with Gasteiger partial charge < -0.3 is 5.32 Å². The monoisotopic (exact) mass is 254 g/mol. The fraction of sp³-hybridized carbons (Fsp3) is 0. The van der Waals surface area contributed by atoms with Gasteiger partial charge in [0.15, 0.2) is 10.9 Å². The van der Waals surface area contributed by atoms with Crippen LogP contribution in [-0.4, -0.2) is 15.0 Å². The molecule has 88 valence electrons. The number of nitrogens with zero attached hydrogens (tertiary/aromatic N) is 3. The lowest BCUT2D eigenvalue weighted by atomic mass is 10.2. The van der Waals surface area contributed by atoms with Crippen LogP contribution < -0.4 is 5.32 Å². The summed E-state index contributed by atoms with van der Waals surface area (Å²) >= 11 is 1.55. The number of benzene rings is 1. The van der Waals surface area contributed by atoms with Gasteiger partial charge in [-0.3, -0.25) is 4.98 Å². The lowest BCUT2D eigenvalue weighted by molar-refractivity contribution is 1.19. The van der Waals surface area contributed by atoms with Gasteiger partial charge in [0.05, 0.1) is 11.9 Å². The Morgan fingerprint density at radius 3 is 2.72 bits per heavy atom. The zero-order valence-electron chi connectivity index (χ0n) is 9.45. The van der Waals surface area contributed by atoms with Crippen molar-refractivity contribution >= 4 is 22.3 Å². The van der Waals surface area contributed by atoms with E-state index in [9.17, 15) is 0 Å². The number of hydrogen-bond donors (Lipinski definition) is 1. The van der Waals surface area contributed by atoms with E-state index in [1.54, 1.807) is 29.9 Å². The molecule has 0 bridgehead atoms. The van der Waals surface area contributed by atoms with Gasteiger partial charge in [0.1, 0.15) is 0 Å². The average Bonchev–Trinajstić information content (AvgIpc) is 2.89. The quantitative estimate of drug-likeness (QED) is 0.778. The van der Waals surface area contributed by atoms with Gasteiger partial charge in [-0.2, -0.15) is 0 Å². The number of hydrogen-bond acceptors (Lipinski definition) is 5. The maximum atomic E-state index is 4.52. The van der Waals surface area contributed by atoms with E-state index in [1.807, 2.05) is 35.7 Å². The van der Waals surface area contributed by atoms with Crippen molar-refractivity contribution in [3.63, 3.8) is 0 Å². The lowest BCUT2D eigenvalue weighted by Gasteiger charge is -1.99. The molecule has 3 rings (SSSR count). The molecule has 4 nitrogen and oxygen atoms in total. The Kier molecular flexibility index (Phi) is 2.97. The lowest BCUT2D eigenvalue weighted by Crippen LogP contribution is -1.92. The molecule has 0 saturated heterocycles. The molecule has 0 amide bonds. The predicted molar refractivity (Wildman–Crippen MR) is 72.9 cm³/mol. The van der Waals surface area contributed by atoms with Crippen molar-refractivity contribution in [1.82, 2.24) is 15.0 Å². The normalized spacial score (nSPS) is 10.2. The second kappa shape index (κ2) is 4.93. The highest BCUT2D eigenvalue weighted by Gasteiger charge is 2.04. The van der Waals surface area contributed by atoms with Crippen LogP contribution in [0.15, 0.2) is 54.3 Å². The van der Waals surface area contributed by atoms with Crippen LogP contribution in [0.5, 0.6) is 0 Å². The van der Waals surface area contributed by atoms with E-state index < -0.39 is 0 Å². The molecule has 0 saturated carbocycles. The number of rotatable bonds is 3. The number of nitrogens with one attached hydrogen (secondary N) is 1. The van der Waals surface area contributed by atoms with Crippen molar-refractivity contribution in [1.29, 1.82) is 0 Å². The Morgan fingerprint density at radius 2 is 1.94 bits per heavy atom. The van der Waals surface area contributed by atoms with E-state index in [1.165, 1.54) is 0 Å². The summed E-state index contributed by atoms with van der Waals surface area (Å²) in [5.41, 5.74) is 2.08. The molecule has 0 spiro atoms. The largest absolute Gasteiger partial charge is 0.315 e.